The maximum Gasteiger partial charge on any atom is 0.171 e. The van der Waals surface area contributed by atoms with Gasteiger partial charge >= 0.3 is 0 Å². The predicted molar refractivity (Wildman–Crippen MR) is 82.2 cm³/mol. The van der Waals surface area contributed by atoms with Crippen molar-refractivity contribution in [2.75, 3.05) is 31.1 Å². The molecule has 0 radical (unpaired) electrons. The topological polar surface area (TPSA) is 45.7 Å². The molecule has 1 aromatic heterocycles. The molecule has 0 spiro atoms. The lowest BCUT2D eigenvalue weighted by Gasteiger charge is -2.42. The number of pyridine rings is 1. The molecule has 0 bridgehead atoms. The van der Waals surface area contributed by atoms with E-state index in [1.165, 1.54) is 0 Å². The van der Waals surface area contributed by atoms with Gasteiger partial charge in [-0.05, 0) is 26.8 Å². The molecule has 0 N–H and O–H groups in total. The molecule has 0 amide bonds. The van der Waals surface area contributed by atoms with E-state index in [0.29, 0.717) is 24.3 Å². The number of nitrogens with zero attached hydrogens (tertiary/aromatic N) is 3. The summed E-state index contributed by atoms with van der Waals surface area (Å²) in [6, 6.07) is 2.85. The number of rotatable bonds is 2. The van der Waals surface area contributed by atoms with Crippen LogP contribution in [-0.2, 0) is 0 Å². The first-order valence-electron chi connectivity index (χ1n) is 7.70. The van der Waals surface area contributed by atoms with Gasteiger partial charge in [0, 0.05) is 49.9 Å². The van der Waals surface area contributed by atoms with Gasteiger partial charge in [-0.25, -0.2) is 4.98 Å². The zero-order chi connectivity index (χ0) is 15.0. The van der Waals surface area contributed by atoms with E-state index in [-0.39, 0.29) is 5.78 Å². The van der Waals surface area contributed by atoms with Crippen molar-refractivity contribution in [3.63, 3.8) is 0 Å². The molecule has 5 heteroatoms. The van der Waals surface area contributed by atoms with Gasteiger partial charge in [0.15, 0.2) is 17.4 Å². The van der Waals surface area contributed by atoms with Crippen molar-refractivity contribution in [1.29, 1.82) is 0 Å². The number of piperazine rings is 1. The van der Waals surface area contributed by atoms with Crippen molar-refractivity contribution in [3.8, 4) is 5.75 Å². The molecule has 2 aliphatic heterocycles. The van der Waals surface area contributed by atoms with Crippen LogP contribution in [0.25, 0.3) is 0 Å². The Hall–Kier alpha value is -1.62. The molecule has 1 unspecified atom stereocenters. The van der Waals surface area contributed by atoms with E-state index < -0.39 is 0 Å². The van der Waals surface area contributed by atoms with Gasteiger partial charge in [-0.15, -0.1) is 0 Å². The molecule has 1 fully saturated rings. The lowest BCUT2D eigenvalue weighted by atomic mass is 10.1. The largest absolute Gasteiger partial charge is 0.490 e. The predicted octanol–water partition coefficient (Wildman–Crippen LogP) is 1.97. The molecule has 0 aliphatic carbocycles. The first kappa shape index (κ1) is 14.3. The highest BCUT2D eigenvalue weighted by atomic mass is 16.5. The number of ether oxygens (including phenoxy) is 1. The number of fused-ring (bicyclic) bond motifs is 3. The molecule has 5 nitrogen and oxygen atoms in total. The molecule has 1 atom stereocenters. The summed E-state index contributed by atoms with van der Waals surface area (Å²) in [5.74, 6) is 1.67. The van der Waals surface area contributed by atoms with E-state index in [1.807, 2.05) is 6.07 Å². The zero-order valence-corrected chi connectivity index (χ0v) is 13.0. The van der Waals surface area contributed by atoms with Gasteiger partial charge < -0.3 is 9.64 Å². The van der Waals surface area contributed by atoms with E-state index in [0.717, 1.165) is 37.6 Å². The van der Waals surface area contributed by atoms with Gasteiger partial charge in [0.1, 0.15) is 0 Å². The SMILES string of the molecule is CC(=O)c1cnc2c(c1)OCCC1CN(C(C)C)CCN21. The third kappa shape index (κ3) is 2.75. The van der Waals surface area contributed by atoms with Crippen LogP contribution in [0.1, 0.15) is 37.6 Å². The first-order valence-corrected chi connectivity index (χ1v) is 7.70. The second-order valence-electron chi connectivity index (χ2n) is 6.17. The summed E-state index contributed by atoms with van der Waals surface area (Å²) in [6.07, 6.45) is 2.66. The van der Waals surface area contributed by atoms with Gasteiger partial charge in [-0.3, -0.25) is 9.69 Å². The molecule has 3 rings (SSSR count). The highest BCUT2D eigenvalue weighted by molar-refractivity contribution is 5.94. The number of aromatic nitrogens is 1. The Bertz CT molecular complexity index is 544. The molecule has 1 aromatic rings. The quantitative estimate of drug-likeness (QED) is 0.779. The standard InChI is InChI=1S/C16H23N3O2/c1-11(2)18-5-6-19-14(10-18)4-7-21-15-8-13(12(3)20)9-17-16(15)19/h8-9,11,14H,4-7,10H2,1-3H3. The van der Waals surface area contributed by atoms with Crippen LogP contribution in [0.3, 0.4) is 0 Å². The Morgan fingerprint density at radius 1 is 1.43 bits per heavy atom. The van der Waals surface area contributed by atoms with E-state index in [2.05, 4.69) is 28.6 Å². The Balaban J connectivity index is 1.89. The summed E-state index contributed by atoms with van der Waals surface area (Å²) in [7, 11) is 0. The minimum atomic E-state index is 0.0272. The molecule has 1 saturated heterocycles. The lowest BCUT2D eigenvalue weighted by molar-refractivity contribution is 0.101. The number of carbonyl (C=O) groups excluding carboxylic acids is 1. The molecular formula is C16H23N3O2. The van der Waals surface area contributed by atoms with Crippen LogP contribution in [0, 0.1) is 0 Å². The second kappa shape index (κ2) is 5.64. The minimum absolute atomic E-state index is 0.0272. The first-order chi connectivity index (χ1) is 10.1. The summed E-state index contributed by atoms with van der Waals surface area (Å²) in [5.41, 5.74) is 0.619. The Kier molecular flexibility index (Phi) is 3.85. The molecule has 3 heterocycles. The molecular weight excluding hydrogens is 266 g/mol. The smallest absolute Gasteiger partial charge is 0.171 e. The summed E-state index contributed by atoms with van der Waals surface area (Å²) >= 11 is 0. The van der Waals surface area contributed by atoms with Crippen molar-refractivity contribution >= 4 is 11.6 Å². The maximum absolute atomic E-state index is 11.5. The maximum atomic E-state index is 11.5. The fourth-order valence-electron chi connectivity index (χ4n) is 3.13. The molecule has 2 aliphatic rings. The Morgan fingerprint density at radius 3 is 2.95 bits per heavy atom. The summed E-state index contributed by atoms with van der Waals surface area (Å²) in [5, 5.41) is 0. The van der Waals surface area contributed by atoms with Crippen LogP contribution in [0.4, 0.5) is 5.82 Å². The number of hydrogen-bond donors (Lipinski definition) is 0. The van der Waals surface area contributed by atoms with E-state index in [4.69, 9.17) is 4.74 Å². The number of ketones is 1. The van der Waals surface area contributed by atoms with Crippen molar-refractivity contribution in [2.24, 2.45) is 0 Å². The summed E-state index contributed by atoms with van der Waals surface area (Å²) < 4.78 is 5.85. The van der Waals surface area contributed by atoms with Crippen LogP contribution >= 0.6 is 0 Å². The Labute approximate surface area is 125 Å². The summed E-state index contributed by atoms with van der Waals surface area (Å²) in [6.45, 7) is 9.79. The van der Waals surface area contributed by atoms with E-state index >= 15 is 0 Å². The lowest BCUT2D eigenvalue weighted by Crippen LogP contribution is -2.55. The molecule has 0 aromatic carbocycles. The Morgan fingerprint density at radius 2 is 2.24 bits per heavy atom. The number of Topliss-reactive ketones (excluding diaryl/α,β-unsaturated/α-hetero) is 1. The number of hydrogen-bond acceptors (Lipinski definition) is 5. The third-order valence-corrected chi connectivity index (χ3v) is 4.46. The van der Waals surface area contributed by atoms with E-state index in [9.17, 15) is 4.79 Å². The third-order valence-electron chi connectivity index (χ3n) is 4.46. The van der Waals surface area contributed by atoms with Gasteiger partial charge in [0.2, 0.25) is 0 Å². The molecule has 21 heavy (non-hydrogen) atoms. The van der Waals surface area contributed by atoms with Crippen molar-refractivity contribution in [2.45, 2.75) is 39.3 Å². The van der Waals surface area contributed by atoms with Gasteiger partial charge in [-0.1, -0.05) is 0 Å². The highest BCUT2D eigenvalue weighted by Gasteiger charge is 2.32. The molecule has 114 valence electrons. The number of anilines is 1. The monoisotopic (exact) mass is 289 g/mol. The highest BCUT2D eigenvalue weighted by Crippen LogP contribution is 2.33. The average molecular weight is 289 g/mol. The van der Waals surface area contributed by atoms with Crippen molar-refractivity contribution < 1.29 is 9.53 Å². The normalized spacial score (nSPS) is 22.3. The molecule has 0 saturated carbocycles. The van der Waals surface area contributed by atoms with Crippen LogP contribution < -0.4 is 9.64 Å². The van der Waals surface area contributed by atoms with Crippen LogP contribution in [0.2, 0.25) is 0 Å². The fraction of sp³-hybridized carbons (Fsp3) is 0.625. The zero-order valence-electron chi connectivity index (χ0n) is 13.0. The van der Waals surface area contributed by atoms with Crippen molar-refractivity contribution in [3.05, 3.63) is 17.8 Å². The van der Waals surface area contributed by atoms with Crippen molar-refractivity contribution in [1.82, 2.24) is 9.88 Å². The number of carbonyl (C=O) groups is 1. The second-order valence-corrected chi connectivity index (χ2v) is 6.17. The van der Waals surface area contributed by atoms with Crippen LogP contribution in [0.15, 0.2) is 12.3 Å². The minimum Gasteiger partial charge on any atom is -0.490 e. The van der Waals surface area contributed by atoms with Gasteiger partial charge in [-0.2, -0.15) is 0 Å². The summed E-state index contributed by atoms with van der Waals surface area (Å²) in [4.78, 5) is 20.9. The van der Waals surface area contributed by atoms with E-state index in [1.54, 1.807) is 13.1 Å². The van der Waals surface area contributed by atoms with Gasteiger partial charge in [0.05, 0.1) is 6.61 Å². The van der Waals surface area contributed by atoms with Gasteiger partial charge in [0.25, 0.3) is 0 Å². The average Bonchev–Trinajstić information content (AvgIpc) is 2.64. The van der Waals surface area contributed by atoms with Crippen LogP contribution in [0.5, 0.6) is 5.75 Å². The van der Waals surface area contributed by atoms with Crippen LogP contribution in [-0.4, -0.2) is 54.0 Å². The fourth-order valence-corrected chi connectivity index (χ4v) is 3.13.